The molecule has 0 heterocycles. The van der Waals surface area contributed by atoms with E-state index < -0.39 is 10.5 Å². The third-order valence-electron chi connectivity index (χ3n) is 5.79. The molecule has 6 heteroatoms. The second-order valence-electron chi connectivity index (χ2n) is 8.47. The zero-order valence-corrected chi connectivity index (χ0v) is 20.6. The number of hydrogen-bond donors (Lipinski definition) is 0. The Balaban J connectivity index is 1.43. The molecule has 0 aliphatic carbocycles. The molecule has 0 radical (unpaired) electrons. The first-order valence-corrected chi connectivity index (χ1v) is 11.6. The molecule has 0 unspecified atom stereocenters. The van der Waals surface area contributed by atoms with E-state index in [-0.39, 0.29) is 5.41 Å². The highest BCUT2D eigenvalue weighted by molar-refractivity contribution is 6.68. The predicted octanol–water partition coefficient (Wildman–Crippen LogP) is 8.36. The van der Waals surface area contributed by atoms with Crippen LogP contribution in [0.2, 0.25) is 0 Å². The van der Waals surface area contributed by atoms with Gasteiger partial charge in [0.15, 0.2) is 0 Å². The zero-order valence-electron chi connectivity index (χ0n) is 19.1. The van der Waals surface area contributed by atoms with Gasteiger partial charge in [0.25, 0.3) is 10.5 Å². The van der Waals surface area contributed by atoms with Crippen LogP contribution < -0.4 is 9.47 Å². The molecule has 4 aromatic rings. The highest BCUT2D eigenvalue weighted by Gasteiger charge is 2.23. The number of carbonyl (C=O) groups excluding carboxylic acids is 2. The molecular weight excluding hydrogens is 483 g/mol. The van der Waals surface area contributed by atoms with Crippen molar-refractivity contribution < 1.29 is 19.1 Å². The number of hydrogen-bond acceptors (Lipinski definition) is 4. The van der Waals surface area contributed by atoms with E-state index in [2.05, 4.69) is 13.8 Å². The number of halogens is 2. The number of carbonyl (C=O) groups is 2. The Morgan fingerprint density at radius 1 is 0.514 bits per heavy atom. The maximum atomic E-state index is 11.2. The molecule has 0 fully saturated rings. The summed E-state index contributed by atoms with van der Waals surface area (Å²) in [6.07, 6.45) is 0. The van der Waals surface area contributed by atoms with Gasteiger partial charge >= 0.3 is 0 Å². The second-order valence-corrected chi connectivity index (χ2v) is 9.16. The molecule has 176 valence electrons. The summed E-state index contributed by atoms with van der Waals surface area (Å²) in [5, 5.41) is -0.998. The molecule has 0 aliphatic heterocycles. The van der Waals surface area contributed by atoms with Crippen LogP contribution in [0.25, 0.3) is 0 Å². The quantitative estimate of drug-likeness (QED) is 0.226. The van der Waals surface area contributed by atoms with E-state index in [4.69, 9.17) is 32.7 Å². The third kappa shape index (κ3) is 5.91. The maximum absolute atomic E-state index is 11.2. The topological polar surface area (TPSA) is 52.6 Å². The van der Waals surface area contributed by atoms with Gasteiger partial charge in [-0.15, -0.1) is 0 Å². The molecule has 0 N–H and O–H groups in total. The lowest BCUT2D eigenvalue weighted by atomic mass is 9.78. The first-order valence-electron chi connectivity index (χ1n) is 10.9. The first kappa shape index (κ1) is 24.5. The maximum Gasteiger partial charge on any atom is 0.252 e. The molecule has 0 spiro atoms. The smallest absolute Gasteiger partial charge is 0.252 e. The molecule has 4 aromatic carbocycles. The van der Waals surface area contributed by atoms with Crippen molar-refractivity contribution >= 4 is 33.7 Å². The summed E-state index contributed by atoms with van der Waals surface area (Å²) < 4.78 is 11.8. The van der Waals surface area contributed by atoms with Gasteiger partial charge < -0.3 is 9.47 Å². The standard InChI is InChI=1S/C29H22Cl2O4/c1-29(2,21-7-15-25(16-8-21)34-23-11-3-19(4-12-23)27(30)32)22-9-17-26(18-10-22)35-24-13-5-20(6-14-24)28(31)33/h3-18H,1-2H3. The summed E-state index contributed by atoms with van der Waals surface area (Å²) in [4.78, 5) is 22.4. The normalized spacial score (nSPS) is 11.1. The summed E-state index contributed by atoms with van der Waals surface area (Å²) in [6, 6.07) is 29.2. The Hall–Kier alpha value is -3.60. The van der Waals surface area contributed by atoms with Crippen LogP contribution in [0.5, 0.6) is 23.0 Å². The lowest BCUT2D eigenvalue weighted by Gasteiger charge is -2.26. The monoisotopic (exact) mass is 504 g/mol. The molecule has 35 heavy (non-hydrogen) atoms. The summed E-state index contributed by atoms with van der Waals surface area (Å²) in [6.45, 7) is 4.31. The highest BCUT2D eigenvalue weighted by Crippen LogP contribution is 2.34. The molecule has 4 rings (SSSR count). The van der Waals surface area contributed by atoms with Crippen molar-refractivity contribution in [3.05, 3.63) is 119 Å². The largest absolute Gasteiger partial charge is 0.457 e. The lowest BCUT2D eigenvalue weighted by Crippen LogP contribution is -2.18. The SMILES string of the molecule is CC(C)(c1ccc(Oc2ccc(C(=O)Cl)cc2)cc1)c1ccc(Oc2ccc(C(=O)Cl)cc2)cc1. The minimum Gasteiger partial charge on any atom is -0.457 e. The van der Waals surface area contributed by atoms with Gasteiger partial charge in [0.2, 0.25) is 0 Å². The van der Waals surface area contributed by atoms with Crippen LogP contribution in [0.4, 0.5) is 0 Å². The molecule has 0 saturated heterocycles. The minimum absolute atomic E-state index is 0.248. The molecule has 0 amide bonds. The highest BCUT2D eigenvalue weighted by atomic mass is 35.5. The molecule has 4 nitrogen and oxygen atoms in total. The van der Waals surface area contributed by atoms with Crippen molar-refractivity contribution in [2.75, 3.05) is 0 Å². The van der Waals surface area contributed by atoms with Gasteiger partial charge in [0.05, 0.1) is 0 Å². The molecule has 0 aliphatic rings. The van der Waals surface area contributed by atoms with Crippen molar-refractivity contribution in [2.24, 2.45) is 0 Å². The van der Waals surface area contributed by atoms with Crippen LogP contribution in [0.1, 0.15) is 45.7 Å². The minimum atomic E-state index is -0.499. The fraction of sp³-hybridized carbons (Fsp3) is 0.103. The molecule has 0 aromatic heterocycles. The third-order valence-corrected chi connectivity index (χ3v) is 6.22. The van der Waals surface area contributed by atoms with Gasteiger partial charge in [-0.05, 0) is 107 Å². The van der Waals surface area contributed by atoms with Crippen molar-refractivity contribution in [3.8, 4) is 23.0 Å². The van der Waals surface area contributed by atoms with Crippen molar-refractivity contribution in [2.45, 2.75) is 19.3 Å². The van der Waals surface area contributed by atoms with Crippen molar-refractivity contribution in [3.63, 3.8) is 0 Å². The Labute approximate surface area is 214 Å². The summed E-state index contributed by atoms with van der Waals surface area (Å²) in [5.74, 6) is 2.64. The fourth-order valence-electron chi connectivity index (χ4n) is 3.63. The average Bonchev–Trinajstić information content (AvgIpc) is 2.85. The van der Waals surface area contributed by atoms with Gasteiger partial charge in [-0.1, -0.05) is 38.1 Å². The van der Waals surface area contributed by atoms with E-state index in [0.29, 0.717) is 34.1 Å². The van der Waals surface area contributed by atoms with E-state index in [1.54, 1.807) is 48.5 Å². The molecular formula is C29H22Cl2O4. The van der Waals surface area contributed by atoms with Crippen LogP contribution in [0, 0.1) is 0 Å². The van der Waals surface area contributed by atoms with Crippen molar-refractivity contribution in [1.29, 1.82) is 0 Å². The van der Waals surface area contributed by atoms with E-state index in [1.807, 2.05) is 48.5 Å². The number of benzene rings is 4. The van der Waals surface area contributed by atoms with Gasteiger partial charge in [-0.25, -0.2) is 0 Å². The van der Waals surface area contributed by atoms with E-state index in [0.717, 1.165) is 11.1 Å². The average molecular weight is 505 g/mol. The fourth-order valence-corrected chi connectivity index (χ4v) is 3.88. The molecule has 0 saturated carbocycles. The van der Waals surface area contributed by atoms with Gasteiger partial charge in [0.1, 0.15) is 23.0 Å². The van der Waals surface area contributed by atoms with Crippen LogP contribution in [-0.4, -0.2) is 10.5 Å². The van der Waals surface area contributed by atoms with Crippen LogP contribution in [-0.2, 0) is 5.41 Å². The van der Waals surface area contributed by atoms with Crippen molar-refractivity contribution in [1.82, 2.24) is 0 Å². The molecule has 0 bridgehead atoms. The summed E-state index contributed by atoms with van der Waals surface area (Å²) >= 11 is 11.0. The number of ether oxygens (including phenoxy) is 2. The predicted molar refractivity (Wildman–Crippen MR) is 138 cm³/mol. The summed E-state index contributed by atoms with van der Waals surface area (Å²) in [5.41, 5.74) is 2.86. The second kappa shape index (κ2) is 10.3. The Morgan fingerprint density at radius 3 is 1.03 bits per heavy atom. The van der Waals surface area contributed by atoms with Gasteiger partial charge in [-0.2, -0.15) is 0 Å². The van der Waals surface area contributed by atoms with Crippen LogP contribution in [0.15, 0.2) is 97.1 Å². The molecule has 0 atom stereocenters. The van der Waals surface area contributed by atoms with E-state index >= 15 is 0 Å². The Morgan fingerprint density at radius 2 is 0.771 bits per heavy atom. The zero-order chi connectivity index (χ0) is 25.0. The Bertz CT molecular complexity index is 1220. The van der Waals surface area contributed by atoms with E-state index in [9.17, 15) is 9.59 Å². The van der Waals surface area contributed by atoms with Gasteiger partial charge in [-0.3, -0.25) is 9.59 Å². The van der Waals surface area contributed by atoms with Crippen LogP contribution >= 0.6 is 23.2 Å². The van der Waals surface area contributed by atoms with Crippen LogP contribution in [0.3, 0.4) is 0 Å². The lowest BCUT2D eigenvalue weighted by molar-refractivity contribution is 0.107. The number of rotatable bonds is 8. The summed E-state index contributed by atoms with van der Waals surface area (Å²) in [7, 11) is 0. The Kier molecular flexibility index (Phi) is 7.25. The van der Waals surface area contributed by atoms with E-state index in [1.165, 1.54) is 0 Å². The first-order chi connectivity index (χ1) is 16.7. The van der Waals surface area contributed by atoms with Gasteiger partial charge in [0, 0.05) is 16.5 Å².